The zero-order valence-electron chi connectivity index (χ0n) is 9.07. The highest BCUT2D eigenvalue weighted by Gasteiger charge is 2.06. The van der Waals surface area contributed by atoms with Gasteiger partial charge in [-0.15, -0.1) is 0 Å². The molecule has 0 radical (unpaired) electrons. The van der Waals surface area contributed by atoms with Crippen LogP contribution in [0, 0.1) is 0 Å². The van der Waals surface area contributed by atoms with Crippen molar-refractivity contribution in [2.24, 2.45) is 0 Å². The quantitative estimate of drug-likeness (QED) is 0.833. The fourth-order valence-corrected chi connectivity index (χ4v) is 1.72. The van der Waals surface area contributed by atoms with Crippen LogP contribution in [-0.2, 0) is 6.42 Å². The van der Waals surface area contributed by atoms with E-state index in [-0.39, 0.29) is 0 Å². The molecule has 84 valence electrons. The summed E-state index contributed by atoms with van der Waals surface area (Å²) in [7, 11) is 0. The number of hydrogen-bond acceptors (Lipinski definition) is 2. The van der Waals surface area contributed by atoms with Crippen molar-refractivity contribution < 1.29 is 4.39 Å². The summed E-state index contributed by atoms with van der Waals surface area (Å²) in [5, 5.41) is 6.55. The summed E-state index contributed by atoms with van der Waals surface area (Å²) in [6.07, 6.45) is 1.26. The maximum absolute atomic E-state index is 12.9. The summed E-state index contributed by atoms with van der Waals surface area (Å²) in [5.74, 6) is 0.533. The Labute approximate surface area is 93.5 Å². The summed E-state index contributed by atoms with van der Waals surface area (Å²) >= 11 is 0. The Balaban J connectivity index is 2.33. The van der Waals surface area contributed by atoms with Crippen molar-refractivity contribution in [3.05, 3.63) is 36.0 Å². The molecule has 1 aromatic carbocycles. The van der Waals surface area contributed by atoms with E-state index >= 15 is 0 Å². The van der Waals surface area contributed by atoms with Crippen LogP contribution in [0.2, 0.25) is 0 Å². The number of nitrogens with two attached hydrogens (primary N) is 1. The number of nitrogen functional groups attached to an aromatic ring is 1. The first kappa shape index (κ1) is 10.7. The maximum Gasteiger partial charge on any atom is 0.126 e. The van der Waals surface area contributed by atoms with Gasteiger partial charge in [0.25, 0.3) is 0 Å². The van der Waals surface area contributed by atoms with E-state index < -0.39 is 6.17 Å². The van der Waals surface area contributed by atoms with Crippen molar-refractivity contribution in [3.63, 3.8) is 0 Å². The molecule has 4 heteroatoms. The number of hydrogen-bond donors (Lipinski definition) is 2. The Morgan fingerprint density at radius 2 is 2.31 bits per heavy atom. The fourth-order valence-electron chi connectivity index (χ4n) is 1.72. The Morgan fingerprint density at radius 3 is 2.94 bits per heavy atom. The van der Waals surface area contributed by atoms with Crippen LogP contribution in [0.25, 0.3) is 11.1 Å². The second-order valence-corrected chi connectivity index (χ2v) is 3.88. The number of H-pyrrole nitrogens is 1. The summed E-state index contributed by atoms with van der Waals surface area (Å²) in [6, 6.07) is 7.69. The van der Waals surface area contributed by atoms with Crippen molar-refractivity contribution in [1.29, 1.82) is 0 Å². The van der Waals surface area contributed by atoms with Crippen molar-refractivity contribution >= 4 is 5.82 Å². The van der Waals surface area contributed by atoms with E-state index in [1.54, 1.807) is 13.1 Å². The molecule has 1 atom stereocenters. The third kappa shape index (κ3) is 2.21. The zero-order valence-corrected chi connectivity index (χ0v) is 9.07. The van der Waals surface area contributed by atoms with Gasteiger partial charge in [0.05, 0.1) is 6.20 Å². The molecule has 2 rings (SSSR count). The topological polar surface area (TPSA) is 54.7 Å². The van der Waals surface area contributed by atoms with Gasteiger partial charge in [0, 0.05) is 12.0 Å². The van der Waals surface area contributed by atoms with E-state index in [2.05, 4.69) is 10.2 Å². The van der Waals surface area contributed by atoms with Crippen LogP contribution < -0.4 is 5.73 Å². The molecule has 0 bridgehead atoms. The Kier molecular flexibility index (Phi) is 2.90. The number of rotatable bonds is 3. The van der Waals surface area contributed by atoms with Gasteiger partial charge in [-0.1, -0.05) is 24.3 Å². The molecule has 16 heavy (non-hydrogen) atoms. The Bertz CT molecular complexity index is 477. The van der Waals surface area contributed by atoms with Crippen LogP contribution in [0.4, 0.5) is 10.2 Å². The normalized spacial score (nSPS) is 12.6. The summed E-state index contributed by atoms with van der Waals surface area (Å²) in [5.41, 5.74) is 8.51. The summed E-state index contributed by atoms with van der Waals surface area (Å²) in [6.45, 7) is 1.55. The molecule has 1 heterocycles. The maximum atomic E-state index is 12.9. The second-order valence-electron chi connectivity index (χ2n) is 3.88. The van der Waals surface area contributed by atoms with Crippen LogP contribution in [-0.4, -0.2) is 16.4 Å². The van der Waals surface area contributed by atoms with Crippen molar-refractivity contribution in [2.75, 3.05) is 5.73 Å². The highest BCUT2D eigenvalue weighted by molar-refractivity contribution is 5.73. The zero-order chi connectivity index (χ0) is 11.5. The number of halogens is 1. The first-order chi connectivity index (χ1) is 7.66. The highest BCUT2D eigenvalue weighted by Crippen LogP contribution is 2.24. The summed E-state index contributed by atoms with van der Waals surface area (Å²) in [4.78, 5) is 0. The van der Waals surface area contributed by atoms with Crippen LogP contribution in [0.1, 0.15) is 12.5 Å². The Hall–Kier alpha value is -1.84. The molecule has 1 aromatic heterocycles. The number of aromatic amines is 1. The van der Waals surface area contributed by atoms with Crippen molar-refractivity contribution in [2.45, 2.75) is 19.5 Å². The molecule has 1 unspecified atom stereocenters. The molecule has 0 amide bonds. The highest BCUT2D eigenvalue weighted by atomic mass is 19.1. The van der Waals surface area contributed by atoms with Crippen molar-refractivity contribution in [3.8, 4) is 11.1 Å². The van der Waals surface area contributed by atoms with Gasteiger partial charge in [-0.3, -0.25) is 5.10 Å². The molecule has 0 spiro atoms. The molecule has 3 N–H and O–H groups in total. The number of aromatic nitrogens is 2. The molecule has 3 nitrogen and oxygen atoms in total. The smallest absolute Gasteiger partial charge is 0.126 e. The number of nitrogens with one attached hydrogen (secondary N) is 1. The van der Waals surface area contributed by atoms with Crippen molar-refractivity contribution in [1.82, 2.24) is 10.2 Å². The second kappa shape index (κ2) is 4.35. The number of alkyl halides is 1. The van der Waals surface area contributed by atoms with Crippen LogP contribution in [0.15, 0.2) is 30.5 Å². The monoisotopic (exact) mass is 219 g/mol. The summed E-state index contributed by atoms with van der Waals surface area (Å²) < 4.78 is 12.9. The molecule has 0 saturated carbocycles. The minimum atomic E-state index is -0.836. The minimum absolute atomic E-state index is 0.422. The van der Waals surface area contributed by atoms with E-state index in [1.165, 1.54) is 0 Å². The number of anilines is 1. The van der Waals surface area contributed by atoms with Gasteiger partial charge in [0.15, 0.2) is 0 Å². The third-order valence-electron chi connectivity index (χ3n) is 2.42. The van der Waals surface area contributed by atoms with Gasteiger partial charge >= 0.3 is 0 Å². The SMILES string of the molecule is CC(F)Cc1cccc(-c2cn[nH]c2N)c1. The van der Waals surface area contributed by atoms with E-state index in [1.807, 2.05) is 24.3 Å². The first-order valence-electron chi connectivity index (χ1n) is 5.19. The van der Waals surface area contributed by atoms with Crippen LogP contribution >= 0.6 is 0 Å². The van der Waals surface area contributed by atoms with Gasteiger partial charge < -0.3 is 5.73 Å². The lowest BCUT2D eigenvalue weighted by Gasteiger charge is -2.05. The van der Waals surface area contributed by atoms with E-state index in [4.69, 9.17) is 5.73 Å². The first-order valence-corrected chi connectivity index (χ1v) is 5.19. The predicted molar refractivity (Wildman–Crippen MR) is 62.7 cm³/mol. The average Bonchev–Trinajstić information content (AvgIpc) is 2.64. The van der Waals surface area contributed by atoms with Gasteiger partial charge in [-0.05, 0) is 18.1 Å². The van der Waals surface area contributed by atoms with Crippen LogP contribution in [0.5, 0.6) is 0 Å². The standard InChI is InChI=1S/C12H14FN3/c1-8(13)5-9-3-2-4-10(6-9)11-7-15-16-12(11)14/h2-4,6-8H,5H2,1H3,(H3,14,15,16). The van der Waals surface area contributed by atoms with E-state index in [0.717, 1.165) is 16.7 Å². The lowest BCUT2D eigenvalue weighted by Crippen LogP contribution is -1.98. The third-order valence-corrected chi connectivity index (χ3v) is 2.42. The molecular weight excluding hydrogens is 205 g/mol. The molecule has 0 saturated heterocycles. The van der Waals surface area contributed by atoms with Gasteiger partial charge in [0.2, 0.25) is 0 Å². The molecule has 0 aliphatic carbocycles. The van der Waals surface area contributed by atoms with Gasteiger partial charge in [-0.2, -0.15) is 5.10 Å². The predicted octanol–water partition coefficient (Wildman–Crippen LogP) is 2.56. The van der Waals surface area contributed by atoms with Crippen LogP contribution in [0.3, 0.4) is 0 Å². The Morgan fingerprint density at radius 1 is 1.50 bits per heavy atom. The lowest BCUT2D eigenvalue weighted by molar-refractivity contribution is 0.360. The largest absolute Gasteiger partial charge is 0.384 e. The average molecular weight is 219 g/mol. The van der Waals surface area contributed by atoms with Gasteiger partial charge in [0.1, 0.15) is 12.0 Å². The fraction of sp³-hybridized carbons (Fsp3) is 0.250. The molecular formula is C12H14FN3. The molecule has 2 aromatic rings. The van der Waals surface area contributed by atoms with E-state index in [9.17, 15) is 4.39 Å². The lowest BCUT2D eigenvalue weighted by atomic mass is 10.0. The number of benzene rings is 1. The molecule has 0 aliphatic rings. The number of nitrogens with zero attached hydrogens (tertiary/aromatic N) is 1. The minimum Gasteiger partial charge on any atom is -0.384 e. The molecule has 0 fully saturated rings. The van der Waals surface area contributed by atoms with Gasteiger partial charge in [-0.25, -0.2) is 4.39 Å². The van der Waals surface area contributed by atoms with E-state index in [0.29, 0.717) is 12.2 Å². The molecule has 0 aliphatic heterocycles.